The normalized spacial score (nSPS) is 12.5. The van der Waals surface area contributed by atoms with Crippen LogP contribution in [-0.2, 0) is 19.5 Å². The molecule has 4 heteroatoms. The highest BCUT2D eigenvalue weighted by Gasteiger charge is 2.09. The predicted octanol–water partition coefficient (Wildman–Crippen LogP) is 1.99. The van der Waals surface area contributed by atoms with E-state index in [9.17, 15) is 5.11 Å². The van der Waals surface area contributed by atoms with Crippen LogP contribution in [0.25, 0.3) is 0 Å². The van der Waals surface area contributed by atoms with Crippen LogP contribution in [0.1, 0.15) is 24.6 Å². The molecule has 0 unspecified atom stereocenters. The minimum Gasteiger partial charge on any atom is -0.395 e. The average Bonchev–Trinajstić information content (AvgIpc) is 2.92. The Morgan fingerprint density at radius 1 is 1.25 bits per heavy atom. The van der Waals surface area contributed by atoms with E-state index in [-0.39, 0.29) is 12.6 Å². The van der Waals surface area contributed by atoms with Gasteiger partial charge in [0.1, 0.15) is 0 Å². The Bertz CT molecular complexity index is 495. The Morgan fingerprint density at radius 2 is 2.05 bits per heavy atom. The fraction of sp³-hybridized carbons (Fsp3) is 0.438. The molecule has 0 radical (unpaired) electrons. The second-order valence-corrected chi connectivity index (χ2v) is 5.00. The first-order chi connectivity index (χ1) is 9.83. The molecule has 0 fully saturated rings. The molecular formula is C16H23N3O. The van der Waals surface area contributed by atoms with Crippen LogP contribution >= 0.6 is 0 Å². The van der Waals surface area contributed by atoms with E-state index in [0.29, 0.717) is 0 Å². The summed E-state index contributed by atoms with van der Waals surface area (Å²) in [4.78, 5) is 0. The van der Waals surface area contributed by atoms with Crippen LogP contribution in [-0.4, -0.2) is 27.5 Å². The molecule has 1 aromatic heterocycles. The van der Waals surface area contributed by atoms with Crippen molar-refractivity contribution in [3.8, 4) is 0 Å². The van der Waals surface area contributed by atoms with Gasteiger partial charge in [0.2, 0.25) is 0 Å². The highest BCUT2D eigenvalue weighted by Crippen LogP contribution is 2.05. The van der Waals surface area contributed by atoms with E-state index >= 15 is 0 Å². The molecule has 0 aliphatic heterocycles. The molecule has 108 valence electrons. The first-order valence-corrected chi connectivity index (χ1v) is 7.22. The summed E-state index contributed by atoms with van der Waals surface area (Å²) in [5, 5.41) is 17.2. The fourth-order valence-corrected chi connectivity index (χ4v) is 2.27. The van der Waals surface area contributed by atoms with E-state index in [1.165, 1.54) is 11.3 Å². The number of benzene rings is 1. The van der Waals surface area contributed by atoms with Crippen LogP contribution in [0, 0.1) is 0 Å². The van der Waals surface area contributed by atoms with Crippen molar-refractivity contribution in [2.24, 2.45) is 0 Å². The minimum absolute atomic E-state index is 0.0716. The zero-order valence-electron chi connectivity index (χ0n) is 12.0. The van der Waals surface area contributed by atoms with E-state index in [1.807, 2.05) is 35.1 Å². The van der Waals surface area contributed by atoms with Crippen LogP contribution in [0.3, 0.4) is 0 Å². The second-order valence-electron chi connectivity index (χ2n) is 5.00. The summed E-state index contributed by atoms with van der Waals surface area (Å²) in [6.45, 7) is 3.95. The van der Waals surface area contributed by atoms with Crippen molar-refractivity contribution >= 4 is 0 Å². The molecule has 0 bridgehead atoms. The monoisotopic (exact) mass is 273 g/mol. The number of nitrogens with zero attached hydrogens (tertiary/aromatic N) is 2. The molecule has 2 rings (SSSR count). The van der Waals surface area contributed by atoms with Gasteiger partial charge in [-0.05, 0) is 24.5 Å². The van der Waals surface area contributed by atoms with Gasteiger partial charge in [-0.1, -0.05) is 37.3 Å². The third kappa shape index (κ3) is 4.18. The minimum atomic E-state index is 0.0716. The summed E-state index contributed by atoms with van der Waals surface area (Å²) in [6.07, 6.45) is 3.74. The third-order valence-electron chi connectivity index (χ3n) is 3.36. The Morgan fingerprint density at radius 3 is 2.75 bits per heavy atom. The molecule has 4 nitrogen and oxygen atoms in total. The first-order valence-electron chi connectivity index (χ1n) is 7.22. The van der Waals surface area contributed by atoms with Crippen molar-refractivity contribution < 1.29 is 5.11 Å². The maximum absolute atomic E-state index is 9.50. The predicted molar refractivity (Wildman–Crippen MR) is 80.4 cm³/mol. The van der Waals surface area contributed by atoms with Crippen molar-refractivity contribution in [2.75, 3.05) is 6.61 Å². The van der Waals surface area contributed by atoms with E-state index in [2.05, 4.69) is 29.5 Å². The van der Waals surface area contributed by atoms with Crippen LogP contribution in [0.15, 0.2) is 42.6 Å². The fourth-order valence-electron chi connectivity index (χ4n) is 2.27. The lowest BCUT2D eigenvalue weighted by atomic mass is 10.1. The SMILES string of the molecule is CCCn1nccc1CN[C@@H](CO)Cc1ccccc1. The highest BCUT2D eigenvalue weighted by atomic mass is 16.3. The van der Waals surface area contributed by atoms with Gasteiger partial charge in [0.25, 0.3) is 0 Å². The van der Waals surface area contributed by atoms with Crippen molar-refractivity contribution in [2.45, 2.75) is 38.9 Å². The number of aliphatic hydroxyl groups is 1. The van der Waals surface area contributed by atoms with Gasteiger partial charge in [-0.25, -0.2) is 0 Å². The summed E-state index contributed by atoms with van der Waals surface area (Å²) in [5.41, 5.74) is 2.40. The molecule has 0 spiro atoms. The maximum Gasteiger partial charge on any atom is 0.0588 e. The van der Waals surface area contributed by atoms with Crippen molar-refractivity contribution in [1.29, 1.82) is 0 Å². The topological polar surface area (TPSA) is 50.1 Å². The average molecular weight is 273 g/mol. The molecule has 0 saturated heterocycles. The molecule has 0 aliphatic carbocycles. The molecule has 20 heavy (non-hydrogen) atoms. The highest BCUT2D eigenvalue weighted by molar-refractivity contribution is 5.16. The number of aliphatic hydroxyl groups excluding tert-OH is 1. The molecule has 1 aromatic carbocycles. The molecule has 0 amide bonds. The number of nitrogens with one attached hydrogen (secondary N) is 1. The molecule has 0 saturated carbocycles. The molecular weight excluding hydrogens is 250 g/mol. The van der Waals surface area contributed by atoms with Gasteiger partial charge in [0, 0.05) is 25.3 Å². The summed E-state index contributed by atoms with van der Waals surface area (Å²) in [6, 6.07) is 12.3. The van der Waals surface area contributed by atoms with Crippen molar-refractivity contribution in [1.82, 2.24) is 15.1 Å². The Kier molecular flexibility index (Phi) is 5.77. The molecule has 2 aromatic rings. The van der Waals surface area contributed by atoms with Gasteiger partial charge in [-0.15, -0.1) is 0 Å². The van der Waals surface area contributed by atoms with Gasteiger partial charge in [0.15, 0.2) is 0 Å². The molecule has 1 heterocycles. The lowest BCUT2D eigenvalue weighted by Gasteiger charge is -2.17. The van der Waals surface area contributed by atoms with Crippen LogP contribution < -0.4 is 5.32 Å². The largest absolute Gasteiger partial charge is 0.395 e. The third-order valence-corrected chi connectivity index (χ3v) is 3.36. The lowest BCUT2D eigenvalue weighted by Crippen LogP contribution is -2.34. The number of aryl methyl sites for hydroxylation is 1. The van der Waals surface area contributed by atoms with E-state index in [0.717, 1.165) is 25.9 Å². The van der Waals surface area contributed by atoms with Gasteiger partial charge < -0.3 is 10.4 Å². The van der Waals surface area contributed by atoms with Gasteiger partial charge in [0.05, 0.1) is 12.3 Å². The first kappa shape index (κ1) is 14.8. The van der Waals surface area contributed by atoms with Crippen LogP contribution in [0.2, 0.25) is 0 Å². The summed E-state index contributed by atoms with van der Waals surface area (Å²) < 4.78 is 2.02. The number of aromatic nitrogens is 2. The summed E-state index contributed by atoms with van der Waals surface area (Å²) >= 11 is 0. The van der Waals surface area contributed by atoms with Crippen molar-refractivity contribution in [3.63, 3.8) is 0 Å². The summed E-state index contributed by atoms with van der Waals surface area (Å²) in [7, 11) is 0. The molecule has 1 atom stereocenters. The van der Waals surface area contributed by atoms with E-state index in [1.54, 1.807) is 0 Å². The van der Waals surface area contributed by atoms with Crippen molar-refractivity contribution in [3.05, 3.63) is 53.9 Å². The Hall–Kier alpha value is -1.65. The van der Waals surface area contributed by atoms with E-state index < -0.39 is 0 Å². The standard InChI is InChI=1S/C16H23N3O/c1-2-10-19-16(8-9-18-19)12-17-15(13-20)11-14-6-4-3-5-7-14/h3-9,15,17,20H,2,10-13H2,1H3/t15-/m1/s1. The summed E-state index contributed by atoms with van der Waals surface area (Å²) in [5.74, 6) is 0. The maximum atomic E-state index is 9.50. The zero-order chi connectivity index (χ0) is 14.2. The molecule has 0 aliphatic rings. The Balaban J connectivity index is 1.89. The van der Waals surface area contributed by atoms with Gasteiger partial charge >= 0.3 is 0 Å². The van der Waals surface area contributed by atoms with E-state index in [4.69, 9.17) is 0 Å². The number of hydrogen-bond acceptors (Lipinski definition) is 3. The second kappa shape index (κ2) is 7.82. The number of hydrogen-bond donors (Lipinski definition) is 2. The number of rotatable bonds is 8. The smallest absolute Gasteiger partial charge is 0.0588 e. The van der Waals surface area contributed by atoms with Crippen LogP contribution in [0.4, 0.5) is 0 Å². The molecule has 2 N–H and O–H groups in total. The van der Waals surface area contributed by atoms with Crippen LogP contribution in [0.5, 0.6) is 0 Å². The Labute approximate surface area is 120 Å². The quantitative estimate of drug-likeness (QED) is 0.773. The lowest BCUT2D eigenvalue weighted by molar-refractivity contribution is 0.239. The zero-order valence-corrected chi connectivity index (χ0v) is 12.0. The van der Waals surface area contributed by atoms with Gasteiger partial charge in [-0.2, -0.15) is 5.10 Å². The van der Waals surface area contributed by atoms with Gasteiger partial charge in [-0.3, -0.25) is 4.68 Å².